The molecule has 0 spiro atoms. The molecule has 0 bridgehead atoms. The van der Waals surface area contributed by atoms with Gasteiger partial charge in [-0.3, -0.25) is 9.78 Å². The summed E-state index contributed by atoms with van der Waals surface area (Å²) < 4.78 is 5.25. The largest absolute Gasteiger partial charge is 0.495 e. The molecule has 1 amide bonds. The van der Waals surface area contributed by atoms with Gasteiger partial charge < -0.3 is 15.4 Å². The minimum absolute atomic E-state index is 0.265. The predicted molar refractivity (Wildman–Crippen MR) is 84.1 cm³/mol. The number of hydrogen-bond acceptors (Lipinski definition) is 4. The summed E-state index contributed by atoms with van der Waals surface area (Å²) in [6.07, 6.45) is 1.61. The number of nitrogens with zero attached hydrogens (tertiary/aromatic N) is 1. The monoisotopic (exact) mass is 285 g/mol. The highest BCUT2D eigenvalue weighted by atomic mass is 16.5. The van der Waals surface area contributed by atoms with Gasteiger partial charge in [-0.2, -0.15) is 0 Å². The van der Waals surface area contributed by atoms with Gasteiger partial charge in [-0.25, -0.2) is 0 Å². The van der Waals surface area contributed by atoms with Crippen LogP contribution in [0.5, 0.6) is 5.75 Å². The Balaban J connectivity index is 2.21. The first-order chi connectivity index (χ1) is 10.1. The maximum Gasteiger partial charge on any atom is 0.274 e. The predicted octanol–water partition coefficient (Wildman–Crippen LogP) is 3.08. The summed E-state index contributed by atoms with van der Waals surface area (Å²) in [6.45, 7) is 4.74. The molecule has 5 nitrogen and oxygen atoms in total. The van der Waals surface area contributed by atoms with E-state index in [0.29, 0.717) is 17.1 Å². The van der Waals surface area contributed by atoms with E-state index >= 15 is 0 Å². The Hall–Kier alpha value is -2.56. The Bertz CT molecular complexity index is 641. The van der Waals surface area contributed by atoms with Gasteiger partial charge in [-0.1, -0.05) is 6.07 Å². The van der Waals surface area contributed by atoms with Gasteiger partial charge in [0, 0.05) is 18.4 Å². The molecule has 1 aromatic heterocycles. The SMILES string of the molecule is CCNc1ccnc(C(=O)Nc2cc(C)ccc2OC)c1. The molecule has 0 atom stereocenters. The lowest BCUT2D eigenvalue weighted by Gasteiger charge is -2.11. The maximum atomic E-state index is 12.3. The van der Waals surface area contributed by atoms with E-state index in [1.165, 1.54) is 0 Å². The number of amides is 1. The van der Waals surface area contributed by atoms with Crippen molar-refractivity contribution in [3.05, 3.63) is 47.8 Å². The molecule has 2 rings (SSSR count). The summed E-state index contributed by atoms with van der Waals surface area (Å²) >= 11 is 0. The third kappa shape index (κ3) is 3.72. The number of hydrogen-bond donors (Lipinski definition) is 2. The molecule has 0 aliphatic rings. The Kier molecular flexibility index (Phi) is 4.77. The zero-order chi connectivity index (χ0) is 15.2. The highest BCUT2D eigenvalue weighted by Crippen LogP contribution is 2.25. The van der Waals surface area contributed by atoms with Gasteiger partial charge in [-0.15, -0.1) is 0 Å². The second kappa shape index (κ2) is 6.74. The second-order valence-corrected chi connectivity index (χ2v) is 4.62. The first kappa shape index (κ1) is 14.8. The van der Waals surface area contributed by atoms with Crippen LogP contribution in [0.3, 0.4) is 0 Å². The average Bonchev–Trinajstić information content (AvgIpc) is 2.48. The van der Waals surface area contributed by atoms with Crippen LogP contribution in [0.2, 0.25) is 0 Å². The van der Waals surface area contributed by atoms with Gasteiger partial charge in [-0.05, 0) is 43.7 Å². The number of aryl methyl sites for hydroxylation is 1. The van der Waals surface area contributed by atoms with E-state index in [1.54, 1.807) is 19.4 Å². The fourth-order valence-electron chi connectivity index (χ4n) is 1.97. The number of anilines is 2. The molecule has 2 aromatic rings. The molecule has 2 N–H and O–H groups in total. The summed E-state index contributed by atoms with van der Waals surface area (Å²) in [4.78, 5) is 16.4. The van der Waals surface area contributed by atoms with E-state index in [-0.39, 0.29) is 5.91 Å². The smallest absolute Gasteiger partial charge is 0.274 e. The molecule has 0 aliphatic carbocycles. The molecular formula is C16H19N3O2. The number of rotatable bonds is 5. The van der Waals surface area contributed by atoms with Crippen molar-refractivity contribution in [3.63, 3.8) is 0 Å². The summed E-state index contributed by atoms with van der Waals surface area (Å²) in [5, 5.41) is 5.99. The molecule has 0 saturated carbocycles. The lowest BCUT2D eigenvalue weighted by atomic mass is 10.2. The summed E-state index contributed by atoms with van der Waals surface area (Å²) in [7, 11) is 1.57. The van der Waals surface area contributed by atoms with Gasteiger partial charge in [0.05, 0.1) is 12.8 Å². The number of nitrogens with one attached hydrogen (secondary N) is 2. The van der Waals surface area contributed by atoms with Crippen molar-refractivity contribution in [1.29, 1.82) is 0 Å². The van der Waals surface area contributed by atoms with Crippen molar-refractivity contribution in [2.45, 2.75) is 13.8 Å². The van der Waals surface area contributed by atoms with Crippen molar-refractivity contribution >= 4 is 17.3 Å². The first-order valence-electron chi connectivity index (χ1n) is 6.80. The fraction of sp³-hybridized carbons (Fsp3) is 0.250. The van der Waals surface area contributed by atoms with Crippen LogP contribution in [0, 0.1) is 6.92 Å². The lowest BCUT2D eigenvalue weighted by molar-refractivity contribution is 0.102. The summed E-state index contributed by atoms with van der Waals surface area (Å²) in [6, 6.07) is 9.17. The minimum atomic E-state index is -0.265. The van der Waals surface area contributed by atoms with E-state index in [4.69, 9.17) is 4.74 Å². The molecule has 110 valence electrons. The number of aromatic nitrogens is 1. The number of carbonyl (C=O) groups is 1. The van der Waals surface area contributed by atoms with Crippen LogP contribution in [0.4, 0.5) is 11.4 Å². The van der Waals surface area contributed by atoms with Crippen molar-refractivity contribution in [1.82, 2.24) is 4.98 Å². The first-order valence-corrected chi connectivity index (χ1v) is 6.80. The Morgan fingerprint density at radius 1 is 1.29 bits per heavy atom. The molecule has 0 saturated heterocycles. The van der Waals surface area contributed by atoms with E-state index in [1.807, 2.05) is 38.1 Å². The lowest BCUT2D eigenvalue weighted by Crippen LogP contribution is -2.14. The van der Waals surface area contributed by atoms with Crippen molar-refractivity contribution in [2.24, 2.45) is 0 Å². The van der Waals surface area contributed by atoms with Crippen LogP contribution in [0.25, 0.3) is 0 Å². The molecule has 1 aromatic carbocycles. The van der Waals surface area contributed by atoms with Gasteiger partial charge in [0.1, 0.15) is 11.4 Å². The molecule has 0 aliphatic heterocycles. The maximum absolute atomic E-state index is 12.3. The Morgan fingerprint density at radius 3 is 2.81 bits per heavy atom. The zero-order valence-corrected chi connectivity index (χ0v) is 12.4. The van der Waals surface area contributed by atoms with E-state index in [0.717, 1.165) is 17.8 Å². The van der Waals surface area contributed by atoms with Crippen LogP contribution in [0.1, 0.15) is 23.0 Å². The topological polar surface area (TPSA) is 63.2 Å². The quantitative estimate of drug-likeness (QED) is 0.886. The van der Waals surface area contributed by atoms with Gasteiger partial charge in [0.2, 0.25) is 0 Å². The molecule has 0 unspecified atom stereocenters. The van der Waals surface area contributed by atoms with Crippen LogP contribution in [-0.4, -0.2) is 24.5 Å². The van der Waals surface area contributed by atoms with E-state index in [2.05, 4.69) is 15.6 Å². The zero-order valence-electron chi connectivity index (χ0n) is 12.4. The van der Waals surface area contributed by atoms with Crippen LogP contribution in [0.15, 0.2) is 36.5 Å². The summed E-state index contributed by atoms with van der Waals surface area (Å²) in [5.41, 5.74) is 2.91. The van der Waals surface area contributed by atoms with Crippen LogP contribution in [-0.2, 0) is 0 Å². The minimum Gasteiger partial charge on any atom is -0.495 e. The van der Waals surface area contributed by atoms with Crippen LogP contribution < -0.4 is 15.4 Å². The van der Waals surface area contributed by atoms with Crippen LogP contribution >= 0.6 is 0 Å². The average molecular weight is 285 g/mol. The number of methoxy groups -OCH3 is 1. The molecule has 0 radical (unpaired) electrons. The molecule has 1 heterocycles. The third-order valence-electron chi connectivity index (χ3n) is 2.98. The van der Waals surface area contributed by atoms with Crippen molar-refractivity contribution < 1.29 is 9.53 Å². The van der Waals surface area contributed by atoms with Gasteiger partial charge in [0.25, 0.3) is 5.91 Å². The molecule has 5 heteroatoms. The Morgan fingerprint density at radius 2 is 2.10 bits per heavy atom. The number of benzene rings is 1. The highest BCUT2D eigenvalue weighted by Gasteiger charge is 2.11. The second-order valence-electron chi connectivity index (χ2n) is 4.62. The van der Waals surface area contributed by atoms with Gasteiger partial charge >= 0.3 is 0 Å². The fourth-order valence-corrected chi connectivity index (χ4v) is 1.97. The number of pyridine rings is 1. The standard InChI is InChI=1S/C16H19N3O2/c1-4-17-12-7-8-18-14(10-12)16(20)19-13-9-11(2)5-6-15(13)21-3/h5-10H,4H2,1-3H3,(H,17,18)(H,19,20). The highest BCUT2D eigenvalue weighted by molar-refractivity contribution is 6.04. The summed E-state index contributed by atoms with van der Waals surface area (Å²) in [5.74, 6) is 0.357. The van der Waals surface area contributed by atoms with Crippen molar-refractivity contribution in [2.75, 3.05) is 24.3 Å². The number of carbonyl (C=O) groups excluding carboxylic acids is 1. The molecule has 0 fully saturated rings. The van der Waals surface area contributed by atoms with E-state index in [9.17, 15) is 4.79 Å². The van der Waals surface area contributed by atoms with Gasteiger partial charge in [0.15, 0.2) is 0 Å². The normalized spacial score (nSPS) is 10.0. The molecular weight excluding hydrogens is 266 g/mol. The van der Waals surface area contributed by atoms with Crippen molar-refractivity contribution in [3.8, 4) is 5.75 Å². The molecule has 21 heavy (non-hydrogen) atoms. The number of ether oxygens (including phenoxy) is 1. The Labute approximate surface area is 124 Å². The van der Waals surface area contributed by atoms with E-state index < -0.39 is 0 Å². The third-order valence-corrected chi connectivity index (χ3v) is 2.98.